The summed E-state index contributed by atoms with van der Waals surface area (Å²) in [4.78, 5) is 19.2. The Morgan fingerprint density at radius 2 is 1.70 bits per heavy atom. The number of nitrogens with zero attached hydrogens (tertiary/aromatic N) is 3. The topological polar surface area (TPSA) is 134 Å². The zero-order valence-corrected chi connectivity index (χ0v) is 16.2. The highest BCUT2D eigenvalue weighted by atomic mass is 32.2. The standard InChI is InChI=1S/C17H21N5O4S/c1-10-9-11(2)19-17(18-10)21-20-12(3)14-5-7-15(8-6-14)27(25,26)22-13(4)16(23)24/h5-9,13,22H,1-4H3,(H,23,24)(H,18,19,21)/b20-12-/t13-/m0/s1. The van der Waals surface area contributed by atoms with Gasteiger partial charge in [-0.15, -0.1) is 0 Å². The molecule has 0 amide bonds. The second-order valence-corrected chi connectivity index (χ2v) is 7.70. The molecule has 0 saturated heterocycles. The molecule has 144 valence electrons. The number of aromatic nitrogens is 2. The average Bonchev–Trinajstić information content (AvgIpc) is 2.58. The van der Waals surface area contributed by atoms with Gasteiger partial charge in [0.05, 0.1) is 10.6 Å². The minimum atomic E-state index is -3.92. The maximum atomic E-state index is 12.2. The van der Waals surface area contributed by atoms with E-state index in [4.69, 9.17) is 5.11 Å². The van der Waals surface area contributed by atoms with Crippen molar-refractivity contribution in [3.63, 3.8) is 0 Å². The van der Waals surface area contributed by atoms with Crippen molar-refractivity contribution in [2.45, 2.75) is 38.6 Å². The van der Waals surface area contributed by atoms with E-state index in [2.05, 4.69) is 25.2 Å². The number of aliphatic carboxylic acids is 1. The van der Waals surface area contributed by atoms with E-state index in [0.29, 0.717) is 17.2 Å². The smallest absolute Gasteiger partial charge is 0.321 e. The van der Waals surface area contributed by atoms with Crippen molar-refractivity contribution in [1.82, 2.24) is 14.7 Å². The highest BCUT2D eigenvalue weighted by Crippen LogP contribution is 2.12. The Kier molecular flexibility index (Phi) is 6.24. The van der Waals surface area contributed by atoms with Gasteiger partial charge in [0.15, 0.2) is 0 Å². The minimum absolute atomic E-state index is 0.0299. The number of hydrogen-bond donors (Lipinski definition) is 3. The molecule has 0 radical (unpaired) electrons. The van der Waals surface area contributed by atoms with Crippen LogP contribution in [-0.2, 0) is 14.8 Å². The number of hydrazone groups is 1. The molecule has 0 saturated carbocycles. The summed E-state index contributed by atoms with van der Waals surface area (Å²) < 4.78 is 26.4. The van der Waals surface area contributed by atoms with E-state index in [-0.39, 0.29) is 4.90 Å². The Bertz CT molecular complexity index is 951. The third-order valence-electron chi connectivity index (χ3n) is 3.59. The number of hydrogen-bond acceptors (Lipinski definition) is 7. The molecular weight excluding hydrogens is 370 g/mol. The van der Waals surface area contributed by atoms with Gasteiger partial charge in [0.1, 0.15) is 6.04 Å². The highest BCUT2D eigenvalue weighted by Gasteiger charge is 2.21. The predicted octanol–water partition coefficient (Wildman–Crippen LogP) is 1.68. The van der Waals surface area contributed by atoms with E-state index in [1.807, 2.05) is 19.9 Å². The first-order chi connectivity index (χ1) is 12.6. The van der Waals surface area contributed by atoms with Crippen molar-refractivity contribution in [1.29, 1.82) is 0 Å². The van der Waals surface area contributed by atoms with Gasteiger partial charge in [0.25, 0.3) is 0 Å². The molecule has 0 unspecified atom stereocenters. The number of carboxylic acids is 1. The first kappa shape index (κ1) is 20.5. The van der Waals surface area contributed by atoms with Gasteiger partial charge in [-0.05, 0) is 51.5 Å². The molecule has 0 aliphatic rings. The number of benzene rings is 1. The molecule has 2 aromatic rings. The molecule has 27 heavy (non-hydrogen) atoms. The molecule has 1 aromatic heterocycles. The SMILES string of the molecule is C/C(=N/Nc1nc(C)cc(C)n1)c1ccc(S(=O)(=O)N[C@@H](C)C(=O)O)cc1. The molecule has 3 N–H and O–H groups in total. The summed E-state index contributed by atoms with van der Waals surface area (Å²) in [7, 11) is -3.92. The molecule has 0 spiro atoms. The van der Waals surface area contributed by atoms with Crippen LogP contribution in [0.2, 0.25) is 0 Å². The molecule has 1 aromatic carbocycles. The molecule has 1 heterocycles. The van der Waals surface area contributed by atoms with Gasteiger partial charge in [0, 0.05) is 11.4 Å². The van der Waals surface area contributed by atoms with Gasteiger partial charge in [0.2, 0.25) is 16.0 Å². The highest BCUT2D eigenvalue weighted by molar-refractivity contribution is 7.89. The molecule has 9 nitrogen and oxygen atoms in total. The van der Waals surface area contributed by atoms with Crippen molar-refractivity contribution in [3.05, 3.63) is 47.3 Å². The van der Waals surface area contributed by atoms with Crippen molar-refractivity contribution in [2.75, 3.05) is 5.43 Å². The average molecular weight is 391 g/mol. The number of nitrogens with one attached hydrogen (secondary N) is 2. The maximum absolute atomic E-state index is 12.2. The fourth-order valence-electron chi connectivity index (χ4n) is 2.20. The van der Waals surface area contributed by atoms with Gasteiger partial charge in [-0.25, -0.2) is 23.8 Å². The van der Waals surface area contributed by atoms with Crippen LogP contribution in [0, 0.1) is 13.8 Å². The third-order valence-corrected chi connectivity index (χ3v) is 5.15. The fraction of sp³-hybridized carbons (Fsp3) is 0.294. The zero-order chi connectivity index (χ0) is 20.2. The van der Waals surface area contributed by atoms with Crippen molar-refractivity contribution >= 4 is 27.7 Å². The second-order valence-electron chi connectivity index (χ2n) is 5.99. The number of aryl methyl sites for hydroxylation is 2. The van der Waals surface area contributed by atoms with Crippen LogP contribution in [-0.4, -0.2) is 41.2 Å². The Labute approximate surface area is 157 Å². The third kappa shape index (κ3) is 5.56. The van der Waals surface area contributed by atoms with Crippen LogP contribution in [0.5, 0.6) is 0 Å². The molecule has 1 atom stereocenters. The Morgan fingerprint density at radius 1 is 1.15 bits per heavy atom. The summed E-state index contributed by atoms with van der Waals surface area (Å²) in [5, 5.41) is 13.0. The Balaban J connectivity index is 2.14. The predicted molar refractivity (Wildman–Crippen MR) is 101 cm³/mol. The summed E-state index contributed by atoms with van der Waals surface area (Å²) in [6.45, 7) is 6.72. The van der Waals surface area contributed by atoms with Gasteiger partial charge in [-0.3, -0.25) is 4.79 Å². The second kappa shape index (κ2) is 8.23. The molecule has 0 fully saturated rings. The van der Waals surface area contributed by atoms with Gasteiger partial charge >= 0.3 is 5.97 Å². The lowest BCUT2D eigenvalue weighted by Crippen LogP contribution is -2.38. The molecule has 2 rings (SSSR count). The van der Waals surface area contributed by atoms with Crippen LogP contribution < -0.4 is 10.1 Å². The van der Waals surface area contributed by atoms with Crippen LogP contribution in [0.4, 0.5) is 5.95 Å². The molecule has 0 aliphatic heterocycles. The molecule has 10 heteroatoms. The summed E-state index contributed by atoms with van der Waals surface area (Å²) in [5.41, 5.74) is 5.71. The Hall–Kier alpha value is -2.85. The lowest BCUT2D eigenvalue weighted by molar-refractivity contribution is -0.138. The number of anilines is 1. The van der Waals surface area contributed by atoms with Crippen LogP contribution in [0.1, 0.15) is 30.8 Å². The lowest BCUT2D eigenvalue weighted by Gasteiger charge is -2.10. The number of sulfonamides is 1. The van der Waals surface area contributed by atoms with Crippen LogP contribution in [0.25, 0.3) is 0 Å². The number of carboxylic acid groups (broad SMARTS) is 1. The normalized spacial score (nSPS) is 13.3. The summed E-state index contributed by atoms with van der Waals surface area (Å²) >= 11 is 0. The lowest BCUT2D eigenvalue weighted by atomic mass is 10.1. The fourth-order valence-corrected chi connectivity index (χ4v) is 3.40. The first-order valence-corrected chi connectivity index (χ1v) is 9.55. The monoisotopic (exact) mass is 391 g/mol. The van der Waals surface area contributed by atoms with Crippen LogP contribution in [0.15, 0.2) is 40.3 Å². The van der Waals surface area contributed by atoms with Crippen molar-refractivity contribution in [2.24, 2.45) is 5.10 Å². The first-order valence-electron chi connectivity index (χ1n) is 8.06. The van der Waals surface area contributed by atoms with Gasteiger partial charge in [-0.2, -0.15) is 9.82 Å². The van der Waals surface area contributed by atoms with Gasteiger partial charge in [-0.1, -0.05) is 12.1 Å². The maximum Gasteiger partial charge on any atom is 0.321 e. The minimum Gasteiger partial charge on any atom is -0.480 e. The van der Waals surface area contributed by atoms with E-state index in [1.165, 1.54) is 19.1 Å². The van der Waals surface area contributed by atoms with E-state index < -0.39 is 22.0 Å². The van der Waals surface area contributed by atoms with Crippen molar-refractivity contribution < 1.29 is 18.3 Å². The quantitative estimate of drug-likeness (QED) is 0.483. The van der Waals surface area contributed by atoms with E-state index in [1.54, 1.807) is 19.1 Å². The summed E-state index contributed by atoms with van der Waals surface area (Å²) in [6.07, 6.45) is 0. The van der Waals surface area contributed by atoms with E-state index in [9.17, 15) is 13.2 Å². The van der Waals surface area contributed by atoms with Crippen molar-refractivity contribution in [3.8, 4) is 0 Å². The zero-order valence-electron chi connectivity index (χ0n) is 15.4. The summed E-state index contributed by atoms with van der Waals surface area (Å²) in [5.74, 6) is -0.879. The summed E-state index contributed by atoms with van der Waals surface area (Å²) in [6, 6.07) is 6.57. The number of carbonyl (C=O) groups is 1. The van der Waals surface area contributed by atoms with Crippen LogP contribution in [0.3, 0.4) is 0 Å². The molecular formula is C17H21N5O4S. The van der Waals surface area contributed by atoms with Crippen LogP contribution >= 0.6 is 0 Å². The Morgan fingerprint density at radius 3 is 2.22 bits per heavy atom. The van der Waals surface area contributed by atoms with E-state index >= 15 is 0 Å². The molecule has 0 bridgehead atoms. The molecule has 0 aliphatic carbocycles. The largest absolute Gasteiger partial charge is 0.480 e. The van der Waals surface area contributed by atoms with E-state index in [0.717, 1.165) is 11.4 Å². The number of rotatable bonds is 7. The van der Waals surface area contributed by atoms with Gasteiger partial charge < -0.3 is 5.11 Å².